The number of aliphatic hydroxyl groups excluding tert-OH is 1. The van der Waals surface area contributed by atoms with Gasteiger partial charge in [0.2, 0.25) is 5.91 Å². The summed E-state index contributed by atoms with van der Waals surface area (Å²) in [6.07, 6.45) is 5.00. The van der Waals surface area contributed by atoms with E-state index in [9.17, 15) is 9.90 Å². The summed E-state index contributed by atoms with van der Waals surface area (Å²) in [6.45, 7) is 0.700. The van der Waals surface area contributed by atoms with Crippen molar-refractivity contribution < 1.29 is 9.90 Å². The standard InChI is InChI=1S/C16H22BrNO2/c17-15-7-2-1-5-13(15)8-9-16(20)18-11-12-4-3-6-14(19)10-12/h1-2,5,7,12,14,19H,3-4,6,8-11H2,(H,18,20)/t12-,14+/m0/s1. The van der Waals surface area contributed by atoms with Crippen molar-refractivity contribution in [2.45, 2.75) is 44.6 Å². The maximum Gasteiger partial charge on any atom is 0.220 e. The molecule has 1 aliphatic rings. The van der Waals surface area contributed by atoms with Crippen LogP contribution in [0.2, 0.25) is 0 Å². The third-order valence-corrected chi connectivity index (χ3v) is 4.70. The minimum atomic E-state index is -0.175. The zero-order chi connectivity index (χ0) is 14.4. The molecule has 110 valence electrons. The maximum atomic E-state index is 11.9. The second-order valence-corrected chi connectivity index (χ2v) is 6.44. The van der Waals surface area contributed by atoms with Crippen LogP contribution < -0.4 is 5.32 Å². The number of hydrogen-bond acceptors (Lipinski definition) is 2. The zero-order valence-corrected chi connectivity index (χ0v) is 13.2. The summed E-state index contributed by atoms with van der Waals surface area (Å²) < 4.78 is 1.06. The van der Waals surface area contributed by atoms with E-state index < -0.39 is 0 Å². The predicted molar refractivity (Wildman–Crippen MR) is 83.4 cm³/mol. The Kier molecular flexibility index (Phi) is 6.05. The average molecular weight is 340 g/mol. The molecule has 1 fully saturated rings. The van der Waals surface area contributed by atoms with Crippen LogP contribution >= 0.6 is 15.9 Å². The number of amides is 1. The van der Waals surface area contributed by atoms with Gasteiger partial charge in [-0.1, -0.05) is 40.5 Å². The van der Waals surface area contributed by atoms with Gasteiger partial charge in [-0.2, -0.15) is 0 Å². The molecule has 0 unspecified atom stereocenters. The lowest BCUT2D eigenvalue weighted by Crippen LogP contribution is -2.33. The van der Waals surface area contributed by atoms with Crippen molar-refractivity contribution in [3.63, 3.8) is 0 Å². The molecule has 0 aromatic heterocycles. The molecule has 3 nitrogen and oxygen atoms in total. The first-order valence-corrected chi connectivity index (χ1v) is 8.12. The summed E-state index contributed by atoms with van der Waals surface area (Å²) in [6, 6.07) is 8.00. The fourth-order valence-corrected chi connectivity index (χ4v) is 3.23. The van der Waals surface area contributed by atoms with Crippen LogP contribution in [0, 0.1) is 5.92 Å². The highest BCUT2D eigenvalue weighted by Gasteiger charge is 2.20. The second-order valence-electron chi connectivity index (χ2n) is 5.58. The van der Waals surface area contributed by atoms with Crippen molar-refractivity contribution >= 4 is 21.8 Å². The number of aliphatic hydroxyl groups is 1. The van der Waals surface area contributed by atoms with Crippen LogP contribution in [0.4, 0.5) is 0 Å². The molecule has 4 heteroatoms. The van der Waals surface area contributed by atoms with E-state index in [0.29, 0.717) is 18.9 Å². The highest BCUT2D eigenvalue weighted by Crippen LogP contribution is 2.23. The van der Waals surface area contributed by atoms with Gasteiger partial charge in [-0.05, 0) is 43.2 Å². The topological polar surface area (TPSA) is 49.3 Å². The molecule has 1 saturated carbocycles. The Morgan fingerprint density at radius 3 is 2.90 bits per heavy atom. The summed E-state index contributed by atoms with van der Waals surface area (Å²) in [4.78, 5) is 11.9. The normalized spacial score (nSPS) is 22.5. The largest absolute Gasteiger partial charge is 0.393 e. The molecule has 1 aliphatic carbocycles. The van der Waals surface area contributed by atoms with Gasteiger partial charge < -0.3 is 10.4 Å². The third-order valence-electron chi connectivity index (χ3n) is 3.92. The van der Waals surface area contributed by atoms with Gasteiger partial charge in [-0.15, -0.1) is 0 Å². The van der Waals surface area contributed by atoms with Crippen molar-refractivity contribution in [1.29, 1.82) is 0 Å². The molecule has 1 amide bonds. The van der Waals surface area contributed by atoms with Gasteiger partial charge in [0.1, 0.15) is 0 Å². The molecule has 20 heavy (non-hydrogen) atoms. The lowest BCUT2D eigenvalue weighted by Gasteiger charge is -2.25. The van der Waals surface area contributed by atoms with Crippen LogP contribution in [0.3, 0.4) is 0 Å². The summed E-state index contributed by atoms with van der Waals surface area (Å²) in [5.74, 6) is 0.534. The van der Waals surface area contributed by atoms with Gasteiger partial charge >= 0.3 is 0 Å². The van der Waals surface area contributed by atoms with Crippen molar-refractivity contribution in [1.82, 2.24) is 5.32 Å². The minimum absolute atomic E-state index is 0.0980. The van der Waals surface area contributed by atoms with E-state index in [1.165, 1.54) is 0 Å². The first-order chi connectivity index (χ1) is 9.65. The molecular formula is C16H22BrNO2. The summed E-state index contributed by atoms with van der Waals surface area (Å²) in [5, 5.41) is 12.6. The van der Waals surface area contributed by atoms with Crippen molar-refractivity contribution in [2.75, 3.05) is 6.54 Å². The SMILES string of the molecule is O=C(CCc1ccccc1Br)NC[C@H]1CCC[C@@H](O)C1. The van der Waals surface area contributed by atoms with Crippen molar-refractivity contribution in [3.05, 3.63) is 34.3 Å². The number of aryl methyl sites for hydroxylation is 1. The number of hydrogen-bond donors (Lipinski definition) is 2. The number of benzene rings is 1. The third kappa shape index (κ3) is 4.91. The number of nitrogens with one attached hydrogen (secondary N) is 1. The Bertz CT molecular complexity index is 450. The zero-order valence-electron chi connectivity index (χ0n) is 11.6. The fourth-order valence-electron chi connectivity index (χ4n) is 2.74. The first kappa shape index (κ1) is 15.5. The molecule has 0 spiro atoms. The fraction of sp³-hybridized carbons (Fsp3) is 0.562. The lowest BCUT2D eigenvalue weighted by atomic mass is 9.87. The van der Waals surface area contributed by atoms with E-state index in [4.69, 9.17) is 0 Å². The maximum absolute atomic E-state index is 11.9. The Morgan fingerprint density at radius 2 is 2.15 bits per heavy atom. The summed E-state index contributed by atoms with van der Waals surface area (Å²) in [7, 11) is 0. The molecule has 1 aromatic carbocycles. The first-order valence-electron chi connectivity index (χ1n) is 7.33. The predicted octanol–water partition coefficient (Wildman–Crippen LogP) is 3.05. The summed E-state index contributed by atoms with van der Waals surface area (Å²) >= 11 is 3.50. The Labute approximate surface area is 128 Å². The summed E-state index contributed by atoms with van der Waals surface area (Å²) in [5.41, 5.74) is 1.16. The molecule has 0 radical (unpaired) electrons. The second kappa shape index (κ2) is 7.79. The van der Waals surface area contributed by atoms with Crippen molar-refractivity contribution in [3.8, 4) is 0 Å². The van der Waals surface area contributed by atoms with E-state index in [-0.39, 0.29) is 12.0 Å². The van der Waals surface area contributed by atoms with E-state index in [2.05, 4.69) is 21.2 Å². The number of rotatable bonds is 5. The van der Waals surface area contributed by atoms with Crippen LogP contribution in [0.1, 0.15) is 37.7 Å². The van der Waals surface area contributed by atoms with Gasteiger partial charge in [0, 0.05) is 17.4 Å². The molecule has 0 saturated heterocycles. The smallest absolute Gasteiger partial charge is 0.220 e. The van der Waals surface area contributed by atoms with Gasteiger partial charge in [-0.3, -0.25) is 4.79 Å². The van der Waals surface area contributed by atoms with Gasteiger partial charge in [0.05, 0.1) is 6.10 Å². The van der Waals surface area contributed by atoms with Crippen LogP contribution in [0.25, 0.3) is 0 Å². The molecule has 2 atom stereocenters. The Morgan fingerprint density at radius 1 is 1.35 bits per heavy atom. The molecule has 0 bridgehead atoms. The molecular weight excluding hydrogens is 318 g/mol. The highest BCUT2D eigenvalue weighted by atomic mass is 79.9. The molecule has 1 aromatic rings. The monoisotopic (exact) mass is 339 g/mol. The lowest BCUT2D eigenvalue weighted by molar-refractivity contribution is -0.121. The Balaban J connectivity index is 1.69. The van der Waals surface area contributed by atoms with Gasteiger partial charge in [-0.25, -0.2) is 0 Å². The number of halogens is 1. The van der Waals surface area contributed by atoms with E-state index in [1.807, 2.05) is 24.3 Å². The Hall–Kier alpha value is -0.870. The van der Waals surface area contributed by atoms with E-state index in [1.54, 1.807) is 0 Å². The molecule has 2 rings (SSSR count). The van der Waals surface area contributed by atoms with E-state index >= 15 is 0 Å². The van der Waals surface area contributed by atoms with Gasteiger partial charge in [0.25, 0.3) is 0 Å². The van der Waals surface area contributed by atoms with Crippen LogP contribution in [-0.2, 0) is 11.2 Å². The van der Waals surface area contributed by atoms with Crippen molar-refractivity contribution in [2.24, 2.45) is 5.92 Å². The molecule has 2 N–H and O–H groups in total. The van der Waals surface area contributed by atoms with Crippen LogP contribution in [-0.4, -0.2) is 23.7 Å². The van der Waals surface area contributed by atoms with E-state index in [0.717, 1.165) is 42.1 Å². The minimum Gasteiger partial charge on any atom is -0.393 e. The molecule has 0 heterocycles. The van der Waals surface area contributed by atoms with Crippen LogP contribution in [0.15, 0.2) is 28.7 Å². The quantitative estimate of drug-likeness (QED) is 0.866. The number of carbonyl (C=O) groups is 1. The highest BCUT2D eigenvalue weighted by molar-refractivity contribution is 9.10. The number of carbonyl (C=O) groups excluding carboxylic acids is 1. The average Bonchev–Trinajstić information content (AvgIpc) is 2.44. The van der Waals surface area contributed by atoms with Gasteiger partial charge in [0.15, 0.2) is 0 Å². The molecule has 0 aliphatic heterocycles. The van der Waals surface area contributed by atoms with Crippen LogP contribution in [0.5, 0.6) is 0 Å².